The van der Waals surface area contributed by atoms with Crippen molar-refractivity contribution in [1.82, 2.24) is 9.55 Å². The Hall–Kier alpha value is -0.640. The summed E-state index contributed by atoms with van der Waals surface area (Å²) in [6.45, 7) is 4.47. The Bertz CT molecular complexity index is 345. The lowest BCUT2D eigenvalue weighted by Crippen LogP contribution is -2.20. The molecule has 2 rings (SSSR count). The van der Waals surface area contributed by atoms with Gasteiger partial charge in [-0.05, 0) is 37.7 Å². The molecule has 3 nitrogen and oxygen atoms in total. The van der Waals surface area contributed by atoms with E-state index in [1.807, 2.05) is 18.0 Å². The van der Waals surface area contributed by atoms with E-state index >= 15 is 0 Å². The van der Waals surface area contributed by atoms with Gasteiger partial charge in [0.25, 0.3) is 0 Å². The molecule has 1 unspecified atom stereocenters. The number of nitrogens with one attached hydrogen (secondary N) is 1. The summed E-state index contributed by atoms with van der Waals surface area (Å²) in [5.41, 5.74) is 0. The monoisotopic (exact) mass is 267 g/mol. The van der Waals surface area contributed by atoms with Gasteiger partial charge in [0.05, 0.1) is 0 Å². The molecule has 1 aromatic heterocycles. The van der Waals surface area contributed by atoms with Gasteiger partial charge in [0, 0.05) is 24.5 Å². The van der Waals surface area contributed by atoms with Gasteiger partial charge in [-0.2, -0.15) is 11.8 Å². The van der Waals surface area contributed by atoms with E-state index in [1.54, 1.807) is 0 Å². The summed E-state index contributed by atoms with van der Waals surface area (Å²) in [5, 5.41) is 3.56. The molecule has 1 atom stereocenters. The van der Waals surface area contributed by atoms with Crippen molar-refractivity contribution in [3.05, 3.63) is 12.4 Å². The normalized spacial score (nSPS) is 18.1. The van der Waals surface area contributed by atoms with E-state index in [-0.39, 0.29) is 0 Å². The maximum absolute atomic E-state index is 4.47. The Balaban J connectivity index is 1.86. The van der Waals surface area contributed by atoms with Gasteiger partial charge in [-0.15, -0.1) is 0 Å². The van der Waals surface area contributed by atoms with Gasteiger partial charge in [-0.25, -0.2) is 4.98 Å². The highest BCUT2D eigenvalue weighted by Crippen LogP contribution is 2.31. The average molecular weight is 267 g/mol. The fourth-order valence-corrected chi connectivity index (χ4v) is 3.41. The first-order valence-electron chi connectivity index (χ1n) is 7.18. The van der Waals surface area contributed by atoms with Gasteiger partial charge in [-0.3, -0.25) is 0 Å². The number of nitrogens with zero attached hydrogens (tertiary/aromatic N) is 2. The third-order valence-corrected chi connectivity index (χ3v) is 4.59. The molecular formula is C14H25N3S. The SMILES string of the molecule is CCSCCC(C)Nc1nccn1C1CCCC1. The van der Waals surface area contributed by atoms with Gasteiger partial charge in [0.2, 0.25) is 5.95 Å². The van der Waals surface area contributed by atoms with Crippen LogP contribution in [0.2, 0.25) is 0 Å². The molecule has 1 saturated carbocycles. The van der Waals surface area contributed by atoms with Crippen molar-refractivity contribution < 1.29 is 0 Å². The highest BCUT2D eigenvalue weighted by atomic mass is 32.2. The predicted molar refractivity (Wildman–Crippen MR) is 80.4 cm³/mol. The highest BCUT2D eigenvalue weighted by Gasteiger charge is 2.19. The zero-order valence-corrected chi connectivity index (χ0v) is 12.4. The molecule has 1 aliphatic rings. The van der Waals surface area contributed by atoms with E-state index < -0.39 is 0 Å². The van der Waals surface area contributed by atoms with Crippen molar-refractivity contribution in [2.24, 2.45) is 0 Å². The topological polar surface area (TPSA) is 29.9 Å². The average Bonchev–Trinajstić information content (AvgIpc) is 2.99. The van der Waals surface area contributed by atoms with Crippen molar-refractivity contribution in [1.29, 1.82) is 0 Å². The largest absolute Gasteiger partial charge is 0.353 e. The number of rotatable bonds is 7. The number of aromatic nitrogens is 2. The molecule has 1 N–H and O–H groups in total. The third-order valence-electron chi connectivity index (χ3n) is 3.66. The van der Waals surface area contributed by atoms with Crippen LogP contribution in [-0.4, -0.2) is 27.1 Å². The Morgan fingerprint density at radius 3 is 3.00 bits per heavy atom. The Morgan fingerprint density at radius 1 is 1.50 bits per heavy atom. The molecule has 1 aliphatic carbocycles. The van der Waals surface area contributed by atoms with Crippen LogP contribution < -0.4 is 5.32 Å². The third kappa shape index (κ3) is 3.67. The minimum atomic E-state index is 0.506. The number of thioether (sulfide) groups is 1. The van der Waals surface area contributed by atoms with Crippen molar-refractivity contribution >= 4 is 17.7 Å². The first-order valence-corrected chi connectivity index (χ1v) is 8.34. The van der Waals surface area contributed by atoms with Crippen molar-refractivity contribution in [3.8, 4) is 0 Å². The van der Waals surface area contributed by atoms with Gasteiger partial charge in [0.15, 0.2) is 0 Å². The first kappa shape index (κ1) is 13.8. The quantitative estimate of drug-likeness (QED) is 0.759. The fraction of sp³-hybridized carbons (Fsp3) is 0.786. The van der Waals surface area contributed by atoms with Gasteiger partial charge < -0.3 is 9.88 Å². The number of imidazole rings is 1. The van der Waals surface area contributed by atoms with Crippen LogP contribution in [-0.2, 0) is 0 Å². The molecule has 0 bridgehead atoms. The molecule has 0 amide bonds. The molecule has 102 valence electrons. The van der Waals surface area contributed by atoms with E-state index in [9.17, 15) is 0 Å². The number of anilines is 1. The van der Waals surface area contributed by atoms with Crippen LogP contribution in [0.5, 0.6) is 0 Å². The second kappa shape index (κ2) is 7.07. The second-order valence-electron chi connectivity index (χ2n) is 5.13. The molecule has 0 aliphatic heterocycles. The van der Waals surface area contributed by atoms with Crippen LogP contribution in [0.25, 0.3) is 0 Å². The van der Waals surface area contributed by atoms with E-state index in [0.717, 1.165) is 5.95 Å². The predicted octanol–water partition coefficient (Wildman–Crippen LogP) is 3.94. The zero-order valence-electron chi connectivity index (χ0n) is 11.6. The molecule has 0 radical (unpaired) electrons. The summed E-state index contributed by atoms with van der Waals surface area (Å²) in [6, 6.07) is 1.18. The molecule has 0 saturated heterocycles. The lowest BCUT2D eigenvalue weighted by molar-refractivity contribution is 0.520. The maximum atomic E-state index is 4.47. The summed E-state index contributed by atoms with van der Waals surface area (Å²) in [5.74, 6) is 3.51. The molecule has 0 aromatic carbocycles. The summed E-state index contributed by atoms with van der Waals surface area (Å²) in [7, 11) is 0. The second-order valence-corrected chi connectivity index (χ2v) is 6.52. The van der Waals surface area contributed by atoms with Crippen LogP contribution >= 0.6 is 11.8 Å². The van der Waals surface area contributed by atoms with Crippen LogP contribution in [0.15, 0.2) is 12.4 Å². The van der Waals surface area contributed by atoms with E-state index in [2.05, 4.69) is 34.9 Å². The summed E-state index contributed by atoms with van der Waals surface area (Å²) >= 11 is 2.01. The smallest absolute Gasteiger partial charge is 0.203 e. The summed E-state index contributed by atoms with van der Waals surface area (Å²) in [6.07, 6.45) is 10.6. The Morgan fingerprint density at radius 2 is 2.28 bits per heavy atom. The molecule has 1 heterocycles. The number of hydrogen-bond acceptors (Lipinski definition) is 3. The molecule has 4 heteroatoms. The highest BCUT2D eigenvalue weighted by molar-refractivity contribution is 7.99. The van der Waals surface area contributed by atoms with Gasteiger partial charge in [-0.1, -0.05) is 19.8 Å². The molecule has 0 spiro atoms. The Kier molecular flexibility index (Phi) is 5.42. The van der Waals surface area contributed by atoms with Crippen LogP contribution in [0.3, 0.4) is 0 Å². The van der Waals surface area contributed by atoms with Crippen molar-refractivity contribution in [3.63, 3.8) is 0 Å². The van der Waals surface area contributed by atoms with Gasteiger partial charge >= 0.3 is 0 Å². The molecule has 1 fully saturated rings. The van der Waals surface area contributed by atoms with E-state index in [1.165, 1.54) is 43.6 Å². The minimum absolute atomic E-state index is 0.506. The molecule has 18 heavy (non-hydrogen) atoms. The van der Waals surface area contributed by atoms with E-state index in [0.29, 0.717) is 12.1 Å². The van der Waals surface area contributed by atoms with Gasteiger partial charge in [0.1, 0.15) is 0 Å². The fourth-order valence-electron chi connectivity index (χ4n) is 2.60. The van der Waals surface area contributed by atoms with Crippen molar-refractivity contribution in [2.75, 3.05) is 16.8 Å². The minimum Gasteiger partial charge on any atom is -0.353 e. The zero-order chi connectivity index (χ0) is 12.8. The molecule has 1 aromatic rings. The lowest BCUT2D eigenvalue weighted by Gasteiger charge is -2.19. The van der Waals surface area contributed by atoms with E-state index in [4.69, 9.17) is 0 Å². The number of hydrogen-bond donors (Lipinski definition) is 1. The van der Waals surface area contributed by atoms with Crippen LogP contribution in [0, 0.1) is 0 Å². The summed E-state index contributed by atoms with van der Waals surface area (Å²) < 4.78 is 2.34. The molecular weight excluding hydrogens is 242 g/mol. The van der Waals surface area contributed by atoms with Crippen LogP contribution in [0.1, 0.15) is 52.0 Å². The summed E-state index contributed by atoms with van der Waals surface area (Å²) in [4.78, 5) is 4.47. The van der Waals surface area contributed by atoms with Crippen LogP contribution in [0.4, 0.5) is 5.95 Å². The van der Waals surface area contributed by atoms with Crippen molar-refractivity contribution in [2.45, 2.75) is 58.0 Å². The maximum Gasteiger partial charge on any atom is 0.203 e. The standard InChI is InChI=1S/C14H25N3S/c1-3-18-11-8-12(2)16-14-15-9-10-17(14)13-6-4-5-7-13/h9-10,12-13H,3-8,11H2,1-2H3,(H,15,16). The first-order chi connectivity index (χ1) is 8.81. The lowest BCUT2D eigenvalue weighted by atomic mass is 10.2. The Labute approximate surface area is 115 Å².